The molecule has 6 nitrogen and oxygen atoms in total. The minimum absolute atomic E-state index is 0.188. The Morgan fingerprint density at radius 3 is 2.43 bits per heavy atom. The van der Waals surface area contributed by atoms with Crippen molar-refractivity contribution in [2.75, 3.05) is 16.6 Å². The molecule has 7 heteroatoms. The van der Waals surface area contributed by atoms with E-state index < -0.39 is 10.0 Å². The summed E-state index contributed by atoms with van der Waals surface area (Å²) < 4.78 is 31.0. The van der Waals surface area contributed by atoms with Gasteiger partial charge in [-0.3, -0.25) is 9.10 Å². The number of nitrogens with one attached hydrogen (secondary N) is 1. The molecule has 4 rings (SSSR count). The number of hydrogen-bond acceptors (Lipinski definition) is 4. The van der Waals surface area contributed by atoms with Crippen molar-refractivity contribution < 1.29 is 17.6 Å². The van der Waals surface area contributed by atoms with E-state index in [2.05, 4.69) is 5.32 Å². The molecule has 30 heavy (non-hydrogen) atoms. The zero-order valence-corrected chi connectivity index (χ0v) is 17.1. The Hall–Kier alpha value is -3.32. The number of hydrogen-bond donors (Lipinski definition) is 1. The minimum Gasteiger partial charge on any atom is -0.467 e. The van der Waals surface area contributed by atoms with Crippen molar-refractivity contribution in [2.45, 2.75) is 12.5 Å². The molecule has 1 aliphatic heterocycles. The van der Waals surface area contributed by atoms with Crippen molar-refractivity contribution in [2.24, 2.45) is 0 Å². The number of furan rings is 1. The van der Waals surface area contributed by atoms with Crippen molar-refractivity contribution in [3.05, 3.63) is 96.0 Å². The number of amides is 1. The molecule has 1 N–H and O–H groups in total. The molecule has 1 unspecified atom stereocenters. The van der Waals surface area contributed by atoms with Crippen molar-refractivity contribution in [3.8, 4) is 0 Å². The highest BCUT2D eigenvalue weighted by atomic mass is 32.2. The van der Waals surface area contributed by atoms with Gasteiger partial charge in [0, 0.05) is 12.6 Å². The number of anilines is 1. The quantitative estimate of drug-likeness (QED) is 0.614. The van der Waals surface area contributed by atoms with Gasteiger partial charge in [-0.05, 0) is 47.9 Å². The van der Waals surface area contributed by atoms with Crippen LogP contribution in [0.1, 0.15) is 29.3 Å². The topological polar surface area (TPSA) is 79.6 Å². The molecule has 3 aromatic rings. The Bertz CT molecular complexity index is 1120. The second-order valence-electron chi connectivity index (χ2n) is 7.03. The van der Waals surface area contributed by atoms with Crippen LogP contribution in [0, 0.1) is 0 Å². The van der Waals surface area contributed by atoms with Crippen molar-refractivity contribution in [1.29, 1.82) is 0 Å². The Morgan fingerprint density at radius 2 is 1.80 bits per heavy atom. The Kier molecular flexibility index (Phi) is 5.72. The average molecular weight is 423 g/mol. The molecule has 1 amide bonds. The smallest absolute Gasteiger partial charge is 0.244 e. The van der Waals surface area contributed by atoms with E-state index in [4.69, 9.17) is 4.42 Å². The lowest BCUT2D eigenvalue weighted by atomic mass is 10.0. The molecule has 0 saturated carbocycles. The number of nitrogens with zero attached hydrogens (tertiary/aromatic N) is 1. The van der Waals surface area contributed by atoms with Gasteiger partial charge in [0.1, 0.15) is 11.8 Å². The van der Waals surface area contributed by atoms with Gasteiger partial charge in [0.25, 0.3) is 0 Å². The van der Waals surface area contributed by atoms with Crippen molar-refractivity contribution >= 4 is 27.7 Å². The van der Waals surface area contributed by atoms with Gasteiger partial charge in [0.15, 0.2) is 0 Å². The summed E-state index contributed by atoms with van der Waals surface area (Å²) in [4.78, 5) is 12.5. The SMILES string of the molecule is O=C(/C=C/c1ccc(N2CCCS2(=O)=O)cc1)NC(c1ccccc1)c1ccco1. The molecule has 1 aliphatic rings. The molecule has 0 bridgehead atoms. The normalized spacial score (nSPS) is 16.6. The van der Waals surface area contributed by atoms with E-state index in [0.29, 0.717) is 24.4 Å². The highest BCUT2D eigenvalue weighted by Crippen LogP contribution is 2.25. The largest absolute Gasteiger partial charge is 0.467 e. The first kappa shape index (κ1) is 20.0. The third-order valence-corrected chi connectivity index (χ3v) is 6.82. The van der Waals surface area contributed by atoms with Crippen LogP contribution in [-0.4, -0.2) is 26.6 Å². The second-order valence-corrected chi connectivity index (χ2v) is 9.05. The molecule has 1 fully saturated rings. The molecule has 1 atom stereocenters. The van der Waals surface area contributed by atoms with Gasteiger partial charge in [-0.15, -0.1) is 0 Å². The lowest BCUT2D eigenvalue weighted by molar-refractivity contribution is -0.117. The third-order valence-electron chi connectivity index (χ3n) is 4.95. The maximum absolute atomic E-state index is 12.5. The molecule has 0 aliphatic carbocycles. The van der Waals surface area contributed by atoms with Crippen LogP contribution in [-0.2, 0) is 14.8 Å². The number of carbonyl (C=O) groups excluding carboxylic acids is 1. The summed E-state index contributed by atoms with van der Waals surface area (Å²) in [5.41, 5.74) is 2.38. The molecule has 1 aromatic heterocycles. The predicted octanol–water partition coefficient (Wildman–Crippen LogP) is 3.74. The zero-order valence-electron chi connectivity index (χ0n) is 16.3. The fourth-order valence-corrected chi connectivity index (χ4v) is 5.03. The molecule has 0 radical (unpaired) electrons. The number of rotatable bonds is 6. The molecule has 0 spiro atoms. The fourth-order valence-electron chi connectivity index (χ4n) is 3.46. The van der Waals surface area contributed by atoms with E-state index in [1.54, 1.807) is 42.7 Å². The van der Waals surface area contributed by atoms with Gasteiger partial charge in [-0.1, -0.05) is 42.5 Å². The molecule has 2 aromatic carbocycles. The zero-order chi connectivity index (χ0) is 21.0. The Labute approximate surface area is 175 Å². The predicted molar refractivity (Wildman–Crippen MR) is 116 cm³/mol. The maximum Gasteiger partial charge on any atom is 0.244 e. The van der Waals surface area contributed by atoms with Gasteiger partial charge in [0.2, 0.25) is 15.9 Å². The van der Waals surface area contributed by atoms with E-state index in [9.17, 15) is 13.2 Å². The summed E-state index contributed by atoms with van der Waals surface area (Å²) in [6.45, 7) is 0.508. The van der Waals surface area contributed by atoms with Crippen molar-refractivity contribution in [1.82, 2.24) is 5.32 Å². The van der Waals surface area contributed by atoms with Crippen LogP contribution in [0.2, 0.25) is 0 Å². The van der Waals surface area contributed by atoms with Crippen LogP contribution < -0.4 is 9.62 Å². The first-order chi connectivity index (χ1) is 14.5. The van der Waals surface area contributed by atoms with Crippen molar-refractivity contribution in [3.63, 3.8) is 0 Å². The second kappa shape index (κ2) is 8.59. The lowest BCUT2D eigenvalue weighted by Gasteiger charge is -2.17. The summed E-state index contributed by atoms with van der Waals surface area (Å²) in [5.74, 6) is 0.582. The minimum atomic E-state index is -3.20. The van der Waals surface area contributed by atoms with Crippen LogP contribution in [0.5, 0.6) is 0 Å². The Morgan fingerprint density at radius 1 is 1.03 bits per heavy atom. The summed E-state index contributed by atoms with van der Waals surface area (Å²) in [6.07, 6.45) is 5.38. The molecular formula is C23H22N2O4S. The first-order valence-corrected chi connectivity index (χ1v) is 11.3. The van der Waals surface area contributed by atoms with E-state index in [-0.39, 0.29) is 17.7 Å². The van der Waals surface area contributed by atoms with Gasteiger partial charge in [-0.25, -0.2) is 8.42 Å². The van der Waals surface area contributed by atoms with Crippen LogP contribution >= 0.6 is 0 Å². The lowest BCUT2D eigenvalue weighted by Crippen LogP contribution is -2.27. The van der Waals surface area contributed by atoms with E-state index in [0.717, 1.165) is 11.1 Å². The molecule has 2 heterocycles. The van der Waals surface area contributed by atoms with Gasteiger partial charge < -0.3 is 9.73 Å². The molecule has 1 saturated heterocycles. The maximum atomic E-state index is 12.5. The van der Waals surface area contributed by atoms with Crippen LogP contribution in [0.25, 0.3) is 6.08 Å². The van der Waals surface area contributed by atoms with Gasteiger partial charge in [-0.2, -0.15) is 0 Å². The average Bonchev–Trinajstić information content (AvgIpc) is 3.41. The Balaban J connectivity index is 1.45. The monoisotopic (exact) mass is 422 g/mol. The van der Waals surface area contributed by atoms with Crippen LogP contribution in [0.15, 0.2) is 83.5 Å². The summed E-state index contributed by atoms with van der Waals surface area (Å²) >= 11 is 0. The molecule has 154 valence electrons. The third kappa shape index (κ3) is 4.46. The fraction of sp³-hybridized carbons (Fsp3) is 0.174. The standard InChI is InChI=1S/C23H22N2O4S/c26-22(24-23(21-8-4-16-29-21)19-6-2-1-3-7-19)14-11-18-9-12-20(13-10-18)25-15-5-17-30(25,27)28/h1-4,6-14,16,23H,5,15,17H2,(H,24,26)/b14-11+. The van der Waals surface area contributed by atoms with Gasteiger partial charge >= 0.3 is 0 Å². The van der Waals surface area contributed by atoms with Crippen LogP contribution in [0.3, 0.4) is 0 Å². The van der Waals surface area contributed by atoms with E-state index in [1.807, 2.05) is 36.4 Å². The highest BCUT2D eigenvalue weighted by molar-refractivity contribution is 7.93. The number of carbonyl (C=O) groups is 1. The number of benzene rings is 2. The van der Waals surface area contributed by atoms with E-state index >= 15 is 0 Å². The van der Waals surface area contributed by atoms with E-state index in [1.165, 1.54) is 10.4 Å². The molecular weight excluding hydrogens is 400 g/mol. The van der Waals surface area contributed by atoms with Gasteiger partial charge in [0.05, 0.1) is 17.7 Å². The van der Waals surface area contributed by atoms with Crippen LogP contribution in [0.4, 0.5) is 5.69 Å². The summed E-state index contributed by atoms with van der Waals surface area (Å²) in [6, 6.07) is 20.0. The first-order valence-electron chi connectivity index (χ1n) is 9.70. The number of sulfonamides is 1. The highest BCUT2D eigenvalue weighted by Gasteiger charge is 2.28. The summed E-state index contributed by atoms with van der Waals surface area (Å²) in [5, 5.41) is 2.97. The summed E-state index contributed by atoms with van der Waals surface area (Å²) in [7, 11) is -3.20.